The summed E-state index contributed by atoms with van der Waals surface area (Å²) >= 11 is 0. The summed E-state index contributed by atoms with van der Waals surface area (Å²) in [6.45, 7) is 0. The van der Waals surface area contributed by atoms with Crippen LogP contribution in [-0.2, 0) is 9.84 Å². The number of sulfone groups is 1. The van der Waals surface area contributed by atoms with Crippen LogP contribution in [0.15, 0.2) is 47.6 Å². The summed E-state index contributed by atoms with van der Waals surface area (Å²) in [4.78, 5) is 3.38. The second-order valence-corrected chi connectivity index (χ2v) is 6.65. The number of ether oxygens (including phenoxy) is 1. The van der Waals surface area contributed by atoms with Crippen LogP contribution >= 0.6 is 0 Å². The largest absolute Gasteiger partial charge is 0.573 e. The van der Waals surface area contributed by atoms with Gasteiger partial charge in [0.1, 0.15) is 5.75 Å². The minimum absolute atomic E-state index is 0.00405. The summed E-state index contributed by atoms with van der Waals surface area (Å²) in [6, 6.07) is 5.31. The van der Waals surface area contributed by atoms with Crippen molar-refractivity contribution in [3.63, 3.8) is 0 Å². The smallest absolute Gasteiger partial charge is 0.406 e. The summed E-state index contributed by atoms with van der Waals surface area (Å²) in [6.07, 6.45) is -3.50. The van der Waals surface area contributed by atoms with Crippen LogP contribution in [0.25, 0.3) is 0 Å². The van der Waals surface area contributed by atoms with Crippen LogP contribution in [0.5, 0.6) is 5.75 Å². The third-order valence-corrected chi connectivity index (χ3v) is 4.04. The zero-order valence-corrected chi connectivity index (χ0v) is 12.5. The number of nitrogens with zero attached hydrogens (tertiary/aromatic N) is 1. The molecule has 0 bridgehead atoms. The van der Waals surface area contributed by atoms with Crippen molar-refractivity contribution in [1.29, 1.82) is 0 Å². The van der Waals surface area contributed by atoms with E-state index in [-0.39, 0.29) is 16.0 Å². The molecule has 1 atom stereocenters. The fourth-order valence-corrected chi connectivity index (χ4v) is 2.78. The van der Waals surface area contributed by atoms with E-state index in [1.54, 1.807) is 0 Å². The van der Waals surface area contributed by atoms with Gasteiger partial charge in [-0.25, -0.2) is 12.8 Å². The fourth-order valence-electron chi connectivity index (χ4n) is 1.93. The monoisotopic (exact) mass is 349 g/mol. The highest BCUT2D eigenvalue weighted by Gasteiger charge is 2.31. The van der Waals surface area contributed by atoms with Gasteiger partial charge in [-0.2, -0.15) is 0 Å². The summed E-state index contributed by atoms with van der Waals surface area (Å²) in [7, 11) is -3.69. The topological polar surface area (TPSA) is 56.3 Å². The van der Waals surface area contributed by atoms with E-state index in [4.69, 9.17) is 0 Å². The lowest BCUT2D eigenvalue weighted by molar-refractivity contribution is -0.274. The lowest BCUT2D eigenvalue weighted by Crippen LogP contribution is -2.17. The Kier molecular flexibility index (Phi) is 4.60. The van der Waals surface area contributed by atoms with Gasteiger partial charge in [0.2, 0.25) is 0 Å². The van der Waals surface area contributed by atoms with Gasteiger partial charge in [-0.1, -0.05) is 12.1 Å². The Morgan fingerprint density at radius 3 is 2.26 bits per heavy atom. The molecule has 0 aliphatic carbocycles. The SMILES string of the molecule is CS(=O)(=O)c1cnccc1C(F)c1ccc(OC(F)(F)F)cc1. The minimum atomic E-state index is -4.84. The molecule has 1 unspecified atom stereocenters. The summed E-state index contributed by atoms with van der Waals surface area (Å²) < 4.78 is 77.8. The number of aromatic nitrogens is 1. The molecule has 0 N–H and O–H groups in total. The second kappa shape index (κ2) is 6.15. The van der Waals surface area contributed by atoms with E-state index in [1.165, 1.54) is 12.3 Å². The maximum Gasteiger partial charge on any atom is 0.573 e. The summed E-state index contributed by atoms with van der Waals surface area (Å²) in [5.74, 6) is -0.494. The first-order chi connectivity index (χ1) is 10.6. The van der Waals surface area contributed by atoms with Crippen LogP contribution in [0.1, 0.15) is 17.3 Å². The van der Waals surface area contributed by atoms with Gasteiger partial charge in [-0.15, -0.1) is 13.2 Å². The van der Waals surface area contributed by atoms with Crippen molar-refractivity contribution in [2.45, 2.75) is 17.4 Å². The normalized spacial score (nSPS) is 13.6. The molecule has 9 heteroatoms. The Morgan fingerprint density at radius 2 is 1.74 bits per heavy atom. The van der Waals surface area contributed by atoms with Crippen molar-refractivity contribution in [3.05, 3.63) is 53.9 Å². The molecule has 2 aromatic rings. The van der Waals surface area contributed by atoms with Crippen molar-refractivity contribution in [2.24, 2.45) is 0 Å². The van der Waals surface area contributed by atoms with E-state index in [2.05, 4.69) is 9.72 Å². The van der Waals surface area contributed by atoms with E-state index < -0.39 is 28.1 Å². The molecule has 1 aromatic heterocycles. The molecule has 0 radical (unpaired) electrons. The molecule has 2 rings (SSSR count). The molecular weight excluding hydrogens is 338 g/mol. The maximum absolute atomic E-state index is 14.6. The van der Waals surface area contributed by atoms with Crippen molar-refractivity contribution in [1.82, 2.24) is 4.98 Å². The van der Waals surface area contributed by atoms with E-state index in [9.17, 15) is 26.0 Å². The first kappa shape index (κ1) is 17.2. The minimum Gasteiger partial charge on any atom is -0.406 e. The summed E-state index contributed by atoms with van der Waals surface area (Å²) in [5, 5.41) is 0. The number of hydrogen-bond donors (Lipinski definition) is 0. The molecule has 0 fully saturated rings. The summed E-state index contributed by atoms with van der Waals surface area (Å²) in [5.41, 5.74) is -0.136. The first-order valence-electron chi connectivity index (χ1n) is 6.21. The van der Waals surface area contributed by atoms with Gasteiger partial charge in [0.15, 0.2) is 16.0 Å². The van der Waals surface area contributed by atoms with E-state index in [1.807, 2.05) is 0 Å². The van der Waals surface area contributed by atoms with Crippen LogP contribution in [0.2, 0.25) is 0 Å². The van der Waals surface area contributed by atoms with Gasteiger partial charge < -0.3 is 4.74 Å². The van der Waals surface area contributed by atoms with Crippen molar-refractivity contribution in [2.75, 3.05) is 6.26 Å². The van der Waals surface area contributed by atoms with E-state index in [0.29, 0.717) is 0 Å². The number of pyridine rings is 1. The Hall–Kier alpha value is -2.16. The molecule has 0 spiro atoms. The molecule has 0 saturated carbocycles. The number of halogens is 4. The average Bonchev–Trinajstić information content (AvgIpc) is 2.45. The molecule has 0 saturated heterocycles. The lowest BCUT2D eigenvalue weighted by atomic mass is 10.0. The molecule has 1 aromatic carbocycles. The second-order valence-electron chi connectivity index (χ2n) is 4.67. The molecule has 124 valence electrons. The molecule has 0 amide bonds. The highest BCUT2D eigenvalue weighted by molar-refractivity contribution is 7.90. The Bertz CT molecular complexity index is 788. The van der Waals surface area contributed by atoms with Gasteiger partial charge in [0.05, 0.1) is 4.90 Å². The highest BCUT2D eigenvalue weighted by atomic mass is 32.2. The maximum atomic E-state index is 14.6. The van der Waals surface area contributed by atoms with Crippen LogP contribution in [0, 0.1) is 0 Å². The Balaban J connectivity index is 2.33. The number of alkyl halides is 4. The number of rotatable bonds is 4. The van der Waals surface area contributed by atoms with Crippen LogP contribution in [0.4, 0.5) is 17.6 Å². The molecule has 0 aliphatic rings. The van der Waals surface area contributed by atoms with Crippen LogP contribution < -0.4 is 4.74 Å². The zero-order chi connectivity index (χ0) is 17.3. The predicted octanol–water partition coefficient (Wildman–Crippen LogP) is 3.44. The highest BCUT2D eigenvalue weighted by Crippen LogP contribution is 2.32. The fraction of sp³-hybridized carbons (Fsp3) is 0.214. The molecule has 0 aliphatic heterocycles. The van der Waals surface area contributed by atoms with E-state index in [0.717, 1.165) is 36.7 Å². The number of benzene rings is 1. The van der Waals surface area contributed by atoms with Gasteiger partial charge in [0.25, 0.3) is 0 Å². The van der Waals surface area contributed by atoms with Crippen LogP contribution in [0.3, 0.4) is 0 Å². The Labute approximate surface area is 129 Å². The molecule has 1 heterocycles. The lowest BCUT2D eigenvalue weighted by Gasteiger charge is -2.14. The van der Waals surface area contributed by atoms with Gasteiger partial charge in [0, 0.05) is 24.2 Å². The quantitative estimate of drug-likeness (QED) is 0.794. The van der Waals surface area contributed by atoms with Crippen molar-refractivity contribution >= 4 is 9.84 Å². The molecule has 4 nitrogen and oxygen atoms in total. The number of hydrogen-bond acceptors (Lipinski definition) is 4. The average molecular weight is 349 g/mol. The van der Waals surface area contributed by atoms with Crippen molar-refractivity contribution in [3.8, 4) is 5.75 Å². The third kappa shape index (κ3) is 4.41. The molecule has 23 heavy (non-hydrogen) atoms. The zero-order valence-electron chi connectivity index (χ0n) is 11.7. The Morgan fingerprint density at radius 1 is 1.13 bits per heavy atom. The van der Waals surface area contributed by atoms with E-state index >= 15 is 0 Å². The van der Waals surface area contributed by atoms with Crippen molar-refractivity contribution < 1.29 is 30.7 Å². The van der Waals surface area contributed by atoms with Gasteiger partial charge in [-0.3, -0.25) is 4.98 Å². The third-order valence-electron chi connectivity index (χ3n) is 2.90. The van der Waals surface area contributed by atoms with Crippen LogP contribution in [-0.4, -0.2) is 26.0 Å². The standard InChI is InChI=1S/C14H11F4NO3S/c1-23(20,21)12-8-19-7-6-11(12)13(15)9-2-4-10(5-3-9)22-14(16,17)18/h2-8,13H,1H3. The first-order valence-corrected chi connectivity index (χ1v) is 8.11. The molecular formula is C14H11F4NO3S. The predicted molar refractivity (Wildman–Crippen MR) is 73.4 cm³/mol. The van der Waals surface area contributed by atoms with Gasteiger partial charge >= 0.3 is 6.36 Å². The van der Waals surface area contributed by atoms with Gasteiger partial charge in [-0.05, 0) is 23.8 Å².